The Hall–Kier alpha value is -3.67. The molecule has 3 aromatic rings. The molecule has 1 heterocycles. The number of halogens is 2. The Balaban J connectivity index is 1.49. The molecule has 1 aliphatic heterocycles. The maximum absolute atomic E-state index is 13.3. The van der Waals surface area contributed by atoms with Gasteiger partial charge in [-0.2, -0.15) is 0 Å². The Morgan fingerprint density at radius 3 is 2.57 bits per heavy atom. The number of hydrogen-bond acceptors (Lipinski definition) is 7. The Kier molecular flexibility index (Phi) is 7.96. The van der Waals surface area contributed by atoms with E-state index >= 15 is 0 Å². The predicted octanol–water partition coefficient (Wildman–Crippen LogP) is 6.52. The summed E-state index contributed by atoms with van der Waals surface area (Å²) in [6.45, 7) is 1.38. The van der Waals surface area contributed by atoms with Gasteiger partial charge in [-0.3, -0.25) is 29.4 Å². The Morgan fingerprint density at radius 2 is 1.89 bits per heavy atom. The number of anilines is 1. The zero-order chi connectivity index (χ0) is 26.7. The summed E-state index contributed by atoms with van der Waals surface area (Å²) < 4.78 is 13.3. The van der Waals surface area contributed by atoms with E-state index in [0.29, 0.717) is 22.2 Å². The molecule has 3 aromatic carbocycles. The van der Waals surface area contributed by atoms with E-state index in [2.05, 4.69) is 5.32 Å². The van der Waals surface area contributed by atoms with E-state index in [1.807, 2.05) is 31.2 Å². The third kappa shape index (κ3) is 6.37. The minimum Gasteiger partial charge on any atom is -0.324 e. The average molecular weight is 558 g/mol. The van der Waals surface area contributed by atoms with Crippen LogP contribution in [-0.2, 0) is 9.59 Å². The molecule has 0 atom stereocenters. The number of nitro benzene ring substituents is 1. The van der Waals surface area contributed by atoms with Crippen molar-refractivity contribution in [1.82, 2.24) is 4.90 Å². The third-order valence-corrected chi connectivity index (χ3v) is 7.37. The Bertz CT molecular complexity index is 1460. The lowest BCUT2D eigenvalue weighted by Gasteiger charge is -2.12. The van der Waals surface area contributed by atoms with Crippen LogP contribution in [0.3, 0.4) is 0 Å². The first kappa shape index (κ1) is 26.4. The zero-order valence-corrected chi connectivity index (χ0v) is 21.5. The molecular weight excluding hydrogens is 541 g/mol. The summed E-state index contributed by atoms with van der Waals surface area (Å²) in [6, 6.07) is 15.7. The Morgan fingerprint density at radius 1 is 1.16 bits per heavy atom. The lowest BCUT2D eigenvalue weighted by molar-refractivity contribution is -0.387. The summed E-state index contributed by atoms with van der Waals surface area (Å²) in [5.74, 6) is -2.04. The zero-order valence-electron chi connectivity index (χ0n) is 19.1. The number of carbonyl (C=O) groups is 3. The summed E-state index contributed by atoms with van der Waals surface area (Å²) in [4.78, 5) is 50.8. The van der Waals surface area contributed by atoms with Crippen LogP contribution >= 0.6 is 35.1 Å². The fraction of sp³-hybridized carbons (Fsp3) is 0.0800. The second-order valence-electron chi connectivity index (χ2n) is 7.84. The maximum atomic E-state index is 13.3. The van der Waals surface area contributed by atoms with E-state index in [4.69, 9.17) is 11.6 Å². The van der Waals surface area contributed by atoms with Gasteiger partial charge in [-0.1, -0.05) is 47.1 Å². The number of amides is 3. The van der Waals surface area contributed by atoms with Crippen molar-refractivity contribution in [3.8, 4) is 0 Å². The number of imide groups is 1. The summed E-state index contributed by atoms with van der Waals surface area (Å²) >= 11 is 7.56. The summed E-state index contributed by atoms with van der Waals surface area (Å²) in [7, 11) is 0. The van der Waals surface area contributed by atoms with Crippen LogP contribution in [0.25, 0.3) is 6.08 Å². The smallest absolute Gasteiger partial charge is 0.294 e. The van der Waals surface area contributed by atoms with Crippen LogP contribution in [0.4, 0.5) is 20.6 Å². The number of hydrogen-bond donors (Lipinski definition) is 1. The molecule has 4 rings (SSSR count). The minimum absolute atomic E-state index is 0.0239. The van der Waals surface area contributed by atoms with Crippen molar-refractivity contribution in [2.75, 3.05) is 11.9 Å². The molecule has 0 radical (unpaired) electrons. The van der Waals surface area contributed by atoms with Gasteiger partial charge in [0.1, 0.15) is 12.4 Å². The number of nitrogens with zero attached hydrogens (tertiary/aromatic N) is 2. The molecule has 0 unspecified atom stereocenters. The van der Waals surface area contributed by atoms with Crippen molar-refractivity contribution in [3.63, 3.8) is 0 Å². The highest BCUT2D eigenvalue weighted by atomic mass is 35.5. The first-order chi connectivity index (χ1) is 17.6. The van der Waals surface area contributed by atoms with Gasteiger partial charge >= 0.3 is 0 Å². The third-order valence-electron chi connectivity index (χ3n) is 5.10. The molecule has 0 aromatic heterocycles. The van der Waals surface area contributed by atoms with Gasteiger partial charge in [-0.05, 0) is 66.7 Å². The molecular formula is C25H17ClFN3O5S2. The molecule has 37 heavy (non-hydrogen) atoms. The van der Waals surface area contributed by atoms with Crippen LogP contribution in [0, 0.1) is 22.9 Å². The number of benzene rings is 3. The van der Waals surface area contributed by atoms with Crippen LogP contribution in [0.2, 0.25) is 5.02 Å². The van der Waals surface area contributed by atoms with E-state index in [9.17, 15) is 28.9 Å². The molecule has 0 bridgehead atoms. The fourth-order valence-corrected chi connectivity index (χ4v) is 5.21. The van der Waals surface area contributed by atoms with Crippen LogP contribution in [0.1, 0.15) is 11.1 Å². The second kappa shape index (κ2) is 11.2. The van der Waals surface area contributed by atoms with E-state index in [0.717, 1.165) is 21.4 Å². The molecule has 1 saturated heterocycles. The highest BCUT2D eigenvalue weighted by Gasteiger charge is 2.36. The van der Waals surface area contributed by atoms with Crippen LogP contribution in [0.15, 0.2) is 75.4 Å². The lowest BCUT2D eigenvalue weighted by atomic mass is 10.2. The van der Waals surface area contributed by atoms with Gasteiger partial charge in [0.2, 0.25) is 5.91 Å². The first-order valence-electron chi connectivity index (χ1n) is 10.6. The van der Waals surface area contributed by atoms with Crippen LogP contribution in [-0.4, -0.2) is 33.4 Å². The topological polar surface area (TPSA) is 110 Å². The quantitative estimate of drug-likeness (QED) is 0.200. The van der Waals surface area contributed by atoms with Gasteiger partial charge in [0.25, 0.3) is 16.8 Å². The number of aryl methyl sites for hydroxylation is 1. The normalized spacial score (nSPS) is 14.4. The molecule has 8 nitrogen and oxygen atoms in total. The molecule has 188 valence electrons. The summed E-state index contributed by atoms with van der Waals surface area (Å²) in [5, 5.41) is 13.3. The highest BCUT2D eigenvalue weighted by molar-refractivity contribution is 8.18. The highest BCUT2D eigenvalue weighted by Crippen LogP contribution is 2.37. The average Bonchev–Trinajstić information content (AvgIpc) is 3.10. The van der Waals surface area contributed by atoms with Crippen molar-refractivity contribution in [2.45, 2.75) is 16.7 Å². The molecule has 1 N–H and O–H groups in total. The van der Waals surface area contributed by atoms with Gasteiger partial charge in [0.05, 0.1) is 19.7 Å². The van der Waals surface area contributed by atoms with E-state index in [1.165, 1.54) is 36.0 Å². The van der Waals surface area contributed by atoms with Gasteiger partial charge in [0.15, 0.2) is 0 Å². The largest absolute Gasteiger partial charge is 0.324 e. The maximum Gasteiger partial charge on any atom is 0.294 e. The first-order valence-corrected chi connectivity index (χ1v) is 12.6. The number of rotatable bonds is 7. The lowest BCUT2D eigenvalue weighted by Crippen LogP contribution is -2.36. The van der Waals surface area contributed by atoms with E-state index in [1.54, 1.807) is 12.1 Å². The molecule has 0 saturated carbocycles. The summed E-state index contributed by atoms with van der Waals surface area (Å²) in [5.41, 5.74) is 1.49. The molecule has 3 amide bonds. The molecule has 1 aliphatic rings. The van der Waals surface area contributed by atoms with Crippen molar-refractivity contribution < 1.29 is 23.7 Å². The number of carbonyl (C=O) groups excluding carboxylic acids is 3. The van der Waals surface area contributed by atoms with Gasteiger partial charge < -0.3 is 5.32 Å². The predicted molar refractivity (Wildman–Crippen MR) is 141 cm³/mol. The van der Waals surface area contributed by atoms with Crippen LogP contribution < -0.4 is 5.32 Å². The van der Waals surface area contributed by atoms with Gasteiger partial charge in [-0.15, -0.1) is 0 Å². The number of nitrogens with one attached hydrogen (secondary N) is 1. The minimum atomic E-state index is -0.706. The number of nitro groups is 1. The number of thioether (sulfide) groups is 1. The molecule has 12 heteroatoms. The Labute approximate surface area is 224 Å². The fourth-order valence-electron chi connectivity index (χ4n) is 3.29. The van der Waals surface area contributed by atoms with Crippen molar-refractivity contribution in [2.24, 2.45) is 0 Å². The molecule has 1 fully saturated rings. The standard InChI is InChI=1S/C25H17ClFN3O5S2/c1-14-2-6-17(7-3-14)36-21-9-4-15(10-20(21)30(34)35)11-22-24(32)29(25(33)37-22)13-23(31)28-16-5-8-19(27)18(26)12-16/h2-12H,13H2,1H3,(H,28,31)/b22-11-. The van der Waals surface area contributed by atoms with Gasteiger partial charge in [-0.25, -0.2) is 4.39 Å². The monoisotopic (exact) mass is 557 g/mol. The summed E-state index contributed by atoms with van der Waals surface area (Å²) in [6.07, 6.45) is 1.37. The van der Waals surface area contributed by atoms with Crippen molar-refractivity contribution in [1.29, 1.82) is 0 Å². The van der Waals surface area contributed by atoms with Gasteiger partial charge in [0, 0.05) is 16.6 Å². The van der Waals surface area contributed by atoms with E-state index < -0.39 is 34.3 Å². The SMILES string of the molecule is Cc1ccc(Sc2ccc(/C=C3\SC(=O)N(CC(=O)Nc4ccc(F)c(Cl)c4)C3=O)cc2[N+](=O)[O-])cc1. The second-order valence-corrected chi connectivity index (χ2v) is 10.4. The van der Waals surface area contributed by atoms with Crippen molar-refractivity contribution >= 4 is 69.6 Å². The van der Waals surface area contributed by atoms with Crippen LogP contribution in [0.5, 0.6) is 0 Å². The van der Waals surface area contributed by atoms with E-state index in [-0.39, 0.29) is 21.3 Å². The molecule has 0 spiro atoms. The van der Waals surface area contributed by atoms with Crippen molar-refractivity contribution in [3.05, 3.63) is 97.6 Å². The molecule has 0 aliphatic carbocycles.